The van der Waals surface area contributed by atoms with Crippen LogP contribution in [0.5, 0.6) is 0 Å². The third kappa shape index (κ3) is 4.37. The first-order valence-corrected chi connectivity index (χ1v) is 8.64. The van der Waals surface area contributed by atoms with Gasteiger partial charge in [0.25, 0.3) is 0 Å². The van der Waals surface area contributed by atoms with Crippen molar-refractivity contribution >= 4 is 12.4 Å². The van der Waals surface area contributed by atoms with Gasteiger partial charge in [-0.15, -0.1) is 17.5 Å². The molecule has 2 heterocycles. The Morgan fingerprint density at radius 2 is 1.60 bits per heavy atom. The summed E-state index contributed by atoms with van der Waals surface area (Å²) in [7, 11) is 2.18. The van der Waals surface area contributed by atoms with Crippen molar-refractivity contribution in [3.05, 3.63) is 41.2 Å². The van der Waals surface area contributed by atoms with E-state index in [1.54, 1.807) is 0 Å². The zero-order valence-corrected chi connectivity index (χ0v) is 16.6. The maximum Gasteiger partial charge on any atom is 0.173 e. The predicted molar refractivity (Wildman–Crippen MR) is 102 cm³/mol. The summed E-state index contributed by atoms with van der Waals surface area (Å²) in [4.78, 5) is 4.87. The fraction of sp³-hybridized carbons (Fsp3) is 0.611. The Balaban J connectivity index is 0.00000225. The number of likely N-dealkylation sites (N-methyl/N-ethyl adjacent to an activating group) is 1. The molecule has 1 aliphatic rings. The van der Waals surface area contributed by atoms with Gasteiger partial charge in [-0.25, -0.2) is 4.68 Å². The number of aromatic nitrogens is 4. The molecule has 138 valence electrons. The molecule has 1 atom stereocenters. The second-order valence-corrected chi connectivity index (χ2v) is 7.77. The Kier molecular flexibility index (Phi) is 6.19. The maximum absolute atomic E-state index is 4.42. The third-order valence-electron chi connectivity index (χ3n) is 4.67. The average Bonchev–Trinajstić information content (AvgIpc) is 3.01. The van der Waals surface area contributed by atoms with Crippen LogP contribution in [0, 0.1) is 6.92 Å². The van der Waals surface area contributed by atoms with Gasteiger partial charge in [0, 0.05) is 26.2 Å². The summed E-state index contributed by atoms with van der Waals surface area (Å²) < 4.78 is 1.97. The second-order valence-electron chi connectivity index (χ2n) is 7.77. The number of hydrogen-bond donors (Lipinski definition) is 0. The summed E-state index contributed by atoms with van der Waals surface area (Å²) in [6.07, 6.45) is 0. The quantitative estimate of drug-likeness (QED) is 0.837. The van der Waals surface area contributed by atoms with Gasteiger partial charge in [-0.1, -0.05) is 29.8 Å². The van der Waals surface area contributed by atoms with E-state index in [0.29, 0.717) is 0 Å². The number of aryl methyl sites for hydroxylation is 1. The minimum atomic E-state index is -0.144. The molecule has 1 aromatic carbocycles. The Bertz CT molecular complexity index is 668. The van der Waals surface area contributed by atoms with Crippen LogP contribution in [0.4, 0.5) is 0 Å². The largest absolute Gasteiger partial charge is 0.304 e. The molecule has 0 spiro atoms. The SMILES string of the molecule is Cc1ccc(C(c2nnnn2C(C)(C)C)N2CCN(C)CC2)cc1.Cl. The van der Waals surface area contributed by atoms with Gasteiger partial charge in [-0.2, -0.15) is 0 Å². The summed E-state index contributed by atoms with van der Waals surface area (Å²) in [5.41, 5.74) is 2.38. The zero-order valence-electron chi connectivity index (χ0n) is 15.8. The first-order chi connectivity index (χ1) is 11.4. The maximum atomic E-state index is 4.42. The van der Waals surface area contributed by atoms with E-state index in [0.717, 1.165) is 32.0 Å². The van der Waals surface area contributed by atoms with Gasteiger partial charge in [0.15, 0.2) is 5.82 Å². The van der Waals surface area contributed by atoms with Crippen LogP contribution in [0.15, 0.2) is 24.3 Å². The van der Waals surface area contributed by atoms with Crippen molar-refractivity contribution < 1.29 is 0 Å². The standard InChI is InChI=1S/C18H28N6.ClH/c1-14-6-8-15(9-7-14)16(23-12-10-22(5)11-13-23)17-19-20-21-24(17)18(2,3)4;/h6-9,16H,10-13H2,1-5H3;1H. The van der Waals surface area contributed by atoms with Crippen molar-refractivity contribution in [3.8, 4) is 0 Å². The number of hydrogen-bond acceptors (Lipinski definition) is 5. The number of rotatable bonds is 3. The van der Waals surface area contributed by atoms with E-state index >= 15 is 0 Å². The molecule has 1 aromatic heterocycles. The monoisotopic (exact) mass is 364 g/mol. The highest BCUT2D eigenvalue weighted by atomic mass is 35.5. The van der Waals surface area contributed by atoms with Gasteiger partial charge >= 0.3 is 0 Å². The van der Waals surface area contributed by atoms with Gasteiger partial charge in [-0.05, 0) is 50.7 Å². The molecule has 0 aliphatic carbocycles. The van der Waals surface area contributed by atoms with Gasteiger partial charge in [0.05, 0.1) is 11.6 Å². The Hall–Kier alpha value is -1.50. The molecule has 25 heavy (non-hydrogen) atoms. The minimum absolute atomic E-state index is 0. The van der Waals surface area contributed by atoms with E-state index in [1.165, 1.54) is 11.1 Å². The number of nitrogens with zero attached hydrogens (tertiary/aromatic N) is 6. The van der Waals surface area contributed by atoms with Crippen molar-refractivity contribution in [1.29, 1.82) is 0 Å². The summed E-state index contributed by atoms with van der Waals surface area (Å²) >= 11 is 0. The van der Waals surface area contributed by atoms with Crippen molar-refractivity contribution in [2.45, 2.75) is 39.3 Å². The summed E-state index contributed by atoms with van der Waals surface area (Å²) in [6, 6.07) is 8.85. The summed E-state index contributed by atoms with van der Waals surface area (Å²) in [5, 5.41) is 12.7. The van der Waals surface area contributed by atoms with Gasteiger partial charge < -0.3 is 4.90 Å². The van der Waals surface area contributed by atoms with E-state index in [4.69, 9.17) is 0 Å². The number of piperazine rings is 1. The third-order valence-corrected chi connectivity index (χ3v) is 4.67. The number of tetrazole rings is 1. The Labute approximate surface area is 156 Å². The van der Waals surface area contributed by atoms with Gasteiger partial charge in [-0.3, -0.25) is 4.90 Å². The molecule has 0 bridgehead atoms. The lowest BCUT2D eigenvalue weighted by atomic mass is 10.0. The molecular weight excluding hydrogens is 336 g/mol. The first-order valence-electron chi connectivity index (χ1n) is 8.64. The van der Waals surface area contributed by atoms with Crippen LogP contribution < -0.4 is 0 Å². The van der Waals surface area contributed by atoms with Crippen molar-refractivity contribution in [2.75, 3.05) is 33.2 Å². The Morgan fingerprint density at radius 3 is 2.16 bits per heavy atom. The molecule has 1 fully saturated rings. The van der Waals surface area contributed by atoms with Crippen LogP contribution in [0.1, 0.15) is 43.8 Å². The summed E-state index contributed by atoms with van der Waals surface area (Å²) in [5.74, 6) is 0.927. The normalized spacial score (nSPS) is 18.0. The van der Waals surface area contributed by atoms with E-state index in [9.17, 15) is 0 Å². The minimum Gasteiger partial charge on any atom is -0.304 e. The fourth-order valence-corrected chi connectivity index (χ4v) is 3.19. The molecule has 1 aliphatic heterocycles. The van der Waals surface area contributed by atoms with Crippen molar-refractivity contribution in [1.82, 2.24) is 30.0 Å². The van der Waals surface area contributed by atoms with E-state index in [1.807, 2.05) is 4.68 Å². The highest BCUT2D eigenvalue weighted by Crippen LogP contribution is 2.30. The van der Waals surface area contributed by atoms with Crippen LogP contribution in [-0.2, 0) is 5.54 Å². The molecule has 2 aromatic rings. The van der Waals surface area contributed by atoms with Crippen molar-refractivity contribution in [3.63, 3.8) is 0 Å². The molecule has 0 saturated carbocycles. The molecule has 1 saturated heterocycles. The van der Waals surface area contributed by atoms with Crippen LogP contribution in [-0.4, -0.2) is 63.2 Å². The molecule has 7 heteroatoms. The van der Waals surface area contributed by atoms with E-state index in [-0.39, 0.29) is 24.0 Å². The summed E-state index contributed by atoms with van der Waals surface area (Å²) in [6.45, 7) is 12.7. The molecule has 6 nitrogen and oxygen atoms in total. The van der Waals surface area contributed by atoms with E-state index < -0.39 is 0 Å². The van der Waals surface area contributed by atoms with Gasteiger partial charge in [0.1, 0.15) is 0 Å². The van der Waals surface area contributed by atoms with Crippen molar-refractivity contribution in [2.24, 2.45) is 0 Å². The van der Waals surface area contributed by atoms with E-state index in [2.05, 4.69) is 84.3 Å². The highest BCUT2D eigenvalue weighted by Gasteiger charge is 2.32. The molecule has 0 N–H and O–H groups in total. The molecule has 1 unspecified atom stereocenters. The number of halogens is 1. The van der Waals surface area contributed by atoms with Gasteiger partial charge in [0.2, 0.25) is 0 Å². The fourth-order valence-electron chi connectivity index (χ4n) is 3.19. The number of benzene rings is 1. The lowest BCUT2D eigenvalue weighted by Crippen LogP contribution is -2.47. The molecule has 0 amide bonds. The molecular formula is C18H29ClN6. The molecule has 3 rings (SSSR count). The smallest absolute Gasteiger partial charge is 0.173 e. The van der Waals surface area contributed by atoms with Crippen LogP contribution in [0.3, 0.4) is 0 Å². The predicted octanol–water partition coefficient (Wildman–Crippen LogP) is 2.50. The second kappa shape index (κ2) is 7.81. The van der Waals surface area contributed by atoms with Crippen LogP contribution in [0.2, 0.25) is 0 Å². The average molecular weight is 365 g/mol. The topological polar surface area (TPSA) is 50.1 Å². The lowest BCUT2D eigenvalue weighted by molar-refractivity contribution is 0.118. The first kappa shape index (κ1) is 19.8. The Morgan fingerprint density at radius 1 is 1.00 bits per heavy atom. The molecule has 0 radical (unpaired) electrons. The van der Waals surface area contributed by atoms with Crippen LogP contribution in [0.25, 0.3) is 0 Å². The highest BCUT2D eigenvalue weighted by molar-refractivity contribution is 5.85. The lowest BCUT2D eigenvalue weighted by Gasteiger charge is -2.38. The zero-order chi connectivity index (χ0) is 17.3. The van der Waals surface area contributed by atoms with Crippen LogP contribution >= 0.6 is 12.4 Å².